The fraction of sp³-hybridized carbons (Fsp3) is 0.389. The van der Waals surface area contributed by atoms with Crippen LogP contribution in [0, 0.1) is 0 Å². The van der Waals surface area contributed by atoms with Gasteiger partial charge in [-0.3, -0.25) is 9.59 Å². The summed E-state index contributed by atoms with van der Waals surface area (Å²) in [5.41, 5.74) is 7.02. The number of rotatable bonds is 6. The van der Waals surface area contributed by atoms with Crippen molar-refractivity contribution in [3.63, 3.8) is 0 Å². The van der Waals surface area contributed by atoms with E-state index in [-0.39, 0.29) is 11.5 Å². The molecule has 128 valence electrons. The zero-order valence-corrected chi connectivity index (χ0v) is 14.3. The zero-order chi connectivity index (χ0) is 17.7. The summed E-state index contributed by atoms with van der Waals surface area (Å²) in [5, 5.41) is 2.84. The maximum atomic E-state index is 12.3. The molecule has 24 heavy (non-hydrogen) atoms. The Labute approximate surface area is 141 Å². The quantitative estimate of drug-likeness (QED) is 0.758. The van der Waals surface area contributed by atoms with E-state index in [1.807, 2.05) is 19.9 Å². The zero-order valence-electron chi connectivity index (χ0n) is 14.3. The van der Waals surface area contributed by atoms with E-state index in [4.69, 9.17) is 5.73 Å². The van der Waals surface area contributed by atoms with E-state index in [1.165, 1.54) is 6.07 Å². The molecule has 0 fully saturated rings. The molecule has 1 atom stereocenters. The first-order valence-corrected chi connectivity index (χ1v) is 8.16. The van der Waals surface area contributed by atoms with E-state index in [1.54, 1.807) is 25.1 Å². The lowest BCUT2D eigenvalue weighted by Gasteiger charge is -2.23. The Morgan fingerprint density at radius 2 is 2.08 bits per heavy atom. The van der Waals surface area contributed by atoms with Gasteiger partial charge in [-0.15, -0.1) is 0 Å². The van der Waals surface area contributed by atoms with Crippen molar-refractivity contribution in [2.75, 3.05) is 5.32 Å². The molecule has 0 bridgehead atoms. The molecular formula is C18H24N4O2. The van der Waals surface area contributed by atoms with Gasteiger partial charge in [0, 0.05) is 23.0 Å². The molecule has 0 aliphatic rings. The molecule has 6 heteroatoms. The van der Waals surface area contributed by atoms with Gasteiger partial charge in [-0.05, 0) is 31.9 Å². The van der Waals surface area contributed by atoms with Crippen molar-refractivity contribution in [1.29, 1.82) is 0 Å². The summed E-state index contributed by atoms with van der Waals surface area (Å²) in [5.74, 6) is 0.254. The number of aromatic amines is 1. The second-order valence-electron chi connectivity index (χ2n) is 6.14. The normalized spacial score (nSPS) is 13.3. The molecule has 4 N–H and O–H groups in total. The Balaban J connectivity index is 2.28. The number of hydrogen-bond donors (Lipinski definition) is 3. The van der Waals surface area contributed by atoms with Gasteiger partial charge in [-0.1, -0.05) is 32.4 Å². The maximum absolute atomic E-state index is 12.3. The molecule has 0 radical (unpaired) electrons. The number of carbonyl (C=O) groups excluding carboxylic acids is 1. The number of anilines is 1. The molecule has 0 aliphatic heterocycles. The van der Waals surface area contributed by atoms with Crippen molar-refractivity contribution in [3.8, 4) is 11.4 Å². The van der Waals surface area contributed by atoms with Gasteiger partial charge in [0.05, 0.1) is 5.54 Å². The van der Waals surface area contributed by atoms with Crippen LogP contribution in [0.5, 0.6) is 0 Å². The topological polar surface area (TPSA) is 101 Å². The van der Waals surface area contributed by atoms with Gasteiger partial charge in [0.2, 0.25) is 5.91 Å². The predicted octanol–water partition coefficient (Wildman–Crippen LogP) is 2.46. The van der Waals surface area contributed by atoms with Crippen LogP contribution in [0.4, 0.5) is 5.69 Å². The lowest BCUT2D eigenvalue weighted by molar-refractivity contribution is -0.120. The summed E-state index contributed by atoms with van der Waals surface area (Å²) in [6, 6.07) is 8.68. The minimum Gasteiger partial charge on any atom is -0.324 e. The first-order valence-electron chi connectivity index (χ1n) is 8.16. The highest BCUT2D eigenvalue weighted by molar-refractivity contribution is 5.98. The first kappa shape index (κ1) is 17.9. The van der Waals surface area contributed by atoms with Crippen LogP contribution in [0.3, 0.4) is 0 Å². The van der Waals surface area contributed by atoms with Crippen molar-refractivity contribution in [1.82, 2.24) is 9.97 Å². The van der Waals surface area contributed by atoms with Crippen LogP contribution in [-0.4, -0.2) is 21.4 Å². The van der Waals surface area contributed by atoms with Crippen LogP contribution < -0.4 is 16.6 Å². The number of amides is 1. The smallest absolute Gasteiger partial charge is 0.251 e. The van der Waals surface area contributed by atoms with Crippen molar-refractivity contribution >= 4 is 11.6 Å². The van der Waals surface area contributed by atoms with E-state index < -0.39 is 5.54 Å². The molecule has 1 aromatic carbocycles. The molecule has 1 unspecified atom stereocenters. The van der Waals surface area contributed by atoms with Crippen molar-refractivity contribution < 1.29 is 4.79 Å². The molecule has 0 spiro atoms. The van der Waals surface area contributed by atoms with E-state index in [2.05, 4.69) is 15.3 Å². The number of H-pyrrole nitrogens is 1. The van der Waals surface area contributed by atoms with Crippen LogP contribution >= 0.6 is 0 Å². The molecule has 0 saturated heterocycles. The summed E-state index contributed by atoms with van der Waals surface area (Å²) >= 11 is 0. The fourth-order valence-corrected chi connectivity index (χ4v) is 2.48. The number of aromatic nitrogens is 2. The van der Waals surface area contributed by atoms with Gasteiger partial charge in [0.15, 0.2) is 0 Å². The Hall–Kier alpha value is -2.47. The maximum Gasteiger partial charge on any atom is 0.251 e. The Morgan fingerprint density at radius 1 is 1.33 bits per heavy atom. The largest absolute Gasteiger partial charge is 0.324 e. The highest BCUT2D eigenvalue weighted by Crippen LogP contribution is 2.20. The summed E-state index contributed by atoms with van der Waals surface area (Å²) in [6.45, 7) is 5.65. The minimum atomic E-state index is -0.917. The van der Waals surface area contributed by atoms with Crippen LogP contribution in [0.25, 0.3) is 11.4 Å². The number of nitrogens with one attached hydrogen (secondary N) is 2. The Morgan fingerprint density at radius 3 is 2.75 bits per heavy atom. The highest BCUT2D eigenvalue weighted by atomic mass is 16.2. The van der Waals surface area contributed by atoms with E-state index >= 15 is 0 Å². The third kappa shape index (κ3) is 4.29. The number of aryl methyl sites for hydroxylation is 1. The van der Waals surface area contributed by atoms with Gasteiger partial charge in [-0.25, -0.2) is 4.98 Å². The number of nitrogens with zero attached hydrogens (tertiary/aromatic N) is 1. The molecule has 1 heterocycles. The van der Waals surface area contributed by atoms with Gasteiger partial charge in [0.25, 0.3) is 5.56 Å². The third-order valence-corrected chi connectivity index (χ3v) is 3.84. The molecular weight excluding hydrogens is 304 g/mol. The Bertz CT molecular complexity index is 781. The van der Waals surface area contributed by atoms with Gasteiger partial charge in [-0.2, -0.15) is 0 Å². The molecule has 0 saturated carbocycles. The fourth-order valence-electron chi connectivity index (χ4n) is 2.48. The van der Waals surface area contributed by atoms with Crippen molar-refractivity contribution in [3.05, 3.63) is 46.4 Å². The third-order valence-electron chi connectivity index (χ3n) is 3.84. The monoisotopic (exact) mass is 328 g/mol. The highest BCUT2D eigenvalue weighted by Gasteiger charge is 2.27. The van der Waals surface area contributed by atoms with E-state index in [0.29, 0.717) is 24.4 Å². The van der Waals surface area contributed by atoms with Gasteiger partial charge in [0.1, 0.15) is 5.82 Å². The SMILES string of the molecule is CCCC(C)(N)C(=O)Nc1cccc(-c2nc(CC)cc(=O)[nH]2)c1. The summed E-state index contributed by atoms with van der Waals surface area (Å²) in [6.07, 6.45) is 2.11. The van der Waals surface area contributed by atoms with Crippen molar-refractivity contribution in [2.45, 2.75) is 45.6 Å². The van der Waals surface area contributed by atoms with Crippen molar-refractivity contribution in [2.24, 2.45) is 5.73 Å². The number of carbonyl (C=O) groups is 1. The second-order valence-corrected chi connectivity index (χ2v) is 6.14. The van der Waals surface area contributed by atoms with Gasteiger partial charge < -0.3 is 16.0 Å². The molecule has 0 aliphatic carbocycles. The van der Waals surface area contributed by atoms with Crippen LogP contribution in [0.1, 0.15) is 39.3 Å². The van der Waals surface area contributed by atoms with E-state index in [0.717, 1.165) is 17.7 Å². The molecule has 1 aromatic heterocycles. The number of hydrogen-bond acceptors (Lipinski definition) is 4. The lowest BCUT2D eigenvalue weighted by Crippen LogP contribution is -2.48. The molecule has 6 nitrogen and oxygen atoms in total. The standard InChI is InChI=1S/C18H24N4O2/c1-4-9-18(3,19)17(24)21-14-8-6-7-12(10-14)16-20-13(5-2)11-15(23)22-16/h6-8,10-11H,4-5,9,19H2,1-3H3,(H,21,24)(H,20,22,23). The summed E-state index contributed by atoms with van der Waals surface area (Å²) in [4.78, 5) is 31.2. The summed E-state index contributed by atoms with van der Waals surface area (Å²) < 4.78 is 0. The summed E-state index contributed by atoms with van der Waals surface area (Å²) in [7, 11) is 0. The average molecular weight is 328 g/mol. The average Bonchev–Trinajstić information content (AvgIpc) is 2.54. The predicted molar refractivity (Wildman–Crippen MR) is 95.8 cm³/mol. The molecule has 2 rings (SSSR count). The first-order chi connectivity index (χ1) is 11.4. The lowest BCUT2D eigenvalue weighted by atomic mass is 9.96. The van der Waals surface area contributed by atoms with Crippen LogP contribution in [0.15, 0.2) is 35.1 Å². The molecule has 1 amide bonds. The van der Waals surface area contributed by atoms with E-state index in [9.17, 15) is 9.59 Å². The number of nitrogens with two attached hydrogens (primary N) is 1. The minimum absolute atomic E-state index is 0.191. The number of benzene rings is 1. The Kier molecular flexibility index (Phi) is 5.51. The van der Waals surface area contributed by atoms with Crippen LogP contribution in [0.2, 0.25) is 0 Å². The second kappa shape index (κ2) is 7.40. The van der Waals surface area contributed by atoms with Crippen LogP contribution in [-0.2, 0) is 11.2 Å². The molecule has 2 aromatic rings. The van der Waals surface area contributed by atoms with Gasteiger partial charge >= 0.3 is 0 Å².